The van der Waals surface area contributed by atoms with Crippen LogP contribution in [0.4, 0.5) is 31.1 Å². The lowest BCUT2D eigenvalue weighted by Gasteiger charge is -2.31. The molecule has 1 aromatic carbocycles. The molecule has 204 valence electrons. The average Bonchev–Trinajstić information content (AvgIpc) is 2.79. The van der Waals surface area contributed by atoms with Crippen molar-refractivity contribution in [2.45, 2.75) is 51.6 Å². The van der Waals surface area contributed by atoms with E-state index in [4.69, 9.17) is 0 Å². The van der Waals surface area contributed by atoms with E-state index in [0.29, 0.717) is 0 Å². The number of carbonyl (C=O) groups excluding carboxylic acids is 1. The van der Waals surface area contributed by atoms with E-state index < -0.39 is 55.0 Å². The first-order chi connectivity index (χ1) is 17.1. The molecule has 0 saturated heterocycles. The van der Waals surface area contributed by atoms with Gasteiger partial charge < -0.3 is 15.2 Å². The van der Waals surface area contributed by atoms with Gasteiger partial charge in [0.1, 0.15) is 11.8 Å². The van der Waals surface area contributed by atoms with Crippen LogP contribution in [0.15, 0.2) is 42.6 Å². The van der Waals surface area contributed by atoms with Crippen LogP contribution in [0.1, 0.15) is 43.6 Å². The first-order valence-corrected chi connectivity index (χ1v) is 11.2. The summed E-state index contributed by atoms with van der Waals surface area (Å²) in [6.45, 7) is 3.26. The summed E-state index contributed by atoms with van der Waals surface area (Å²) in [5.74, 6) is -1.24. The number of ether oxygens (including phenoxy) is 1. The molecule has 2 amide bonds. The molecule has 0 bridgehead atoms. The van der Waals surface area contributed by atoms with Crippen LogP contribution in [0.25, 0.3) is 0 Å². The Hall–Kier alpha value is -3.51. The second-order valence-electron chi connectivity index (χ2n) is 8.76. The lowest BCUT2D eigenvalue weighted by molar-refractivity contribution is -0.153. The first kappa shape index (κ1) is 29.7. The maximum Gasteiger partial charge on any atom is 0.422 e. The molecule has 0 aliphatic carbocycles. The van der Waals surface area contributed by atoms with Crippen LogP contribution in [0.5, 0.6) is 5.75 Å². The van der Waals surface area contributed by atoms with Gasteiger partial charge in [-0.05, 0) is 36.6 Å². The lowest BCUT2D eigenvalue weighted by Crippen LogP contribution is -2.52. The molecule has 0 aliphatic heterocycles. The Labute approximate surface area is 209 Å². The van der Waals surface area contributed by atoms with Crippen LogP contribution in [0.3, 0.4) is 0 Å². The van der Waals surface area contributed by atoms with Crippen LogP contribution in [-0.4, -0.2) is 52.4 Å². The van der Waals surface area contributed by atoms with E-state index in [9.17, 15) is 41.0 Å². The van der Waals surface area contributed by atoms with E-state index in [2.05, 4.69) is 15.0 Å². The van der Waals surface area contributed by atoms with E-state index >= 15 is 0 Å². The number of rotatable bonds is 10. The Morgan fingerprint density at radius 3 is 2.22 bits per heavy atom. The number of benzene rings is 1. The molecular weight excluding hydrogens is 508 g/mol. The van der Waals surface area contributed by atoms with Crippen LogP contribution < -0.4 is 10.1 Å². The van der Waals surface area contributed by atoms with Crippen molar-refractivity contribution in [3.63, 3.8) is 0 Å². The highest BCUT2D eigenvalue weighted by Gasteiger charge is 2.37. The summed E-state index contributed by atoms with van der Waals surface area (Å²) >= 11 is 0. The third-order valence-electron chi connectivity index (χ3n) is 5.19. The molecule has 0 saturated carbocycles. The second kappa shape index (κ2) is 12.2. The fourth-order valence-electron chi connectivity index (χ4n) is 3.54. The number of hydrogen-bond acceptors (Lipinski definition) is 4. The van der Waals surface area contributed by atoms with Crippen molar-refractivity contribution in [3.8, 4) is 5.75 Å². The zero-order chi connectivity index (χ0) is 28.0. The molecule has 1 unspecified atom stereocenters. The van der Waals surface area contributed by atoms with Crippen LogP contribution >= 0.6 is 0 Å². The van der Waals surface area contributed by atoms with Gasteiger partial charge in [-0.2, -0.15) is 26.3 Å². The molecule has 2 rings (SSSR count). The summed E-state index contributed by atoms with van der Waals surface area (Å²) in [6.07, 6.45) is -10.2. The number of amides is 2. The van der Waals surface area contributed by atoms with Crippen molar-refractivity contribution in [3.05, 3.63) is 59.4 Å². The van der Waals surface area contributed by atoms with E-state index in [-0.39, 0.29) is 29.5 Å². The number of hydrogen-bond donors (Lipinski definition) is 2. The van der Waals surface area contributed by atoms with Crippen molar-refractivity contribution >= 4 is 12.0 Å². The number of alkyl halides is 6. The molecule has 7 nitrogen and oxygen atoms in total. The Morgan fingerprint density at radius 2 is 1.70 bits per heavy atom. The molecule has 0 spiro atoms. The van der Waals surface area contributed by atoms with Gasteiger partial charge in [0.2, 0.25) is 5.91 Å². The van der Waals surface area contributed by atoms with Crippen molar-refractivity contribution in [2.75, 3.05) is 13.2 Å². The fourth-order valence-corrected chi connectivity index (χ4v) is 3.54. The number of carboxylic acid groups (broad SMARTS) is 1. The second-order valence-corrected chi connectivity index (χ2v) is 8.76. The molecule has 0 radical (unpaired) electrons. The van der Waals surface area contributed by atoms with Crippen molar-refractivity contribution in [1.29, 1.82) is 0 Å². The number of nitrogens with zero attached hydrogens (tertiary/aromatic N) is 2. The molecule has 1 heterocycles. The SMILES string of the molecule is CC(C)CN(C(=O)O)C(Cc1ccccc1C(F)(F)F)C(=O)N[C@H](C)c1ccc(OCC(F)(F)F)cn1. The number of aromatic nitrogens is 1. The Morgan fingerprint density at radius 1 is 1.05 bits per heavy atom. The van der Waals surface area contributed by atoms with Crippen LogP contribution in [0.2, 0.25) is 0 Å². The Kier molecular flexibility index (Phi) is 9.76. The number of halogens is 6. The minimum Gasteiger partial charge on any atom is -0.483 e. The normalized spacial score (nSPS) is 13.7. The van der Waals surface area contributed by atoms with Gasteiger partial charge in [0.05, 0.1) is 23.5 Å². The summed E-state index contributed by atoms with van der Waals surface area (Å²) in [6, 6.07) is 4.78. The van der Waals surface area contributed by atoms with Gasteiger partial charge in [0.25, 0.3) is 0 Å². The highest BCUT2D eigenvalue weighted by Crippen LogP contribution is 2.33. The molecule has 1 aromatic heterocycles. The first-order valence-electron chi connectivity index (χ1n) is 11.2. The smallest absolute Gasteiger partial charge is 0.422 e. The summed E-state index contributed by atoms with van der Waals surface area (Å²) in [4.78, 5) is 30.0. The maximum atomic E-state index is 13.5. The number of pyridine rings is 1. The standard InChI is InChI=1S/C24H27F6N3O4/c1-14(2)12-33(22(35)36)20(10-16-6-4-5-7-18(16)24(28,29)30)21(34)32-15(3)19-9-8-17(11-31-19)37-13-23(25,26)27/h4-9,11,14-15,20H,10,12-13H2,1-3H3,(H,32,34)(H,35,36)/t15-,20?/m1/s1. The van der Waals surface area contributed by atoms with Crippen molar-refractivity contribution in [1.82, 2.24) is 15.2 Å². The van der Waals surface area contributed by atoms with Gasteiger partial charge in [-0.25, -0.2) is 4.79 Å². The quantitative estimate of drug-likeness (QED) is 0.394. The van der Waals surface area contributed by atoms with E-state index in [1.54, 1.807) is 13.8 Å². The van der Waals surface area contributed by atoms with E-state index in [1.165, 1.54) is 37.3 Å². The molecule has 0 fully saturated rings. The van der Waals surface area contributed by atoms with Crippen LogP contribution in [0, 0.1) is 5.92 Å². The average molecular weight is 535 g/mol. The van der Waals surface area contributed by atoms with E-state index in [0.717, 1.165) is 17.2 Å². The third-order valence-corrected chi connectivity index (χ3v) is 5.19. The Balaban J connectivity index is 2.29. The fraction of sp³-hybridized carbons (Fsp3) is 0.458. The molecule has 0 aliphatic rings. The minimum absolute atomic E-state index is 0.112. The largest absolute Gasteiger partial charge is 0.483 e. The molecule has 2 N–H and O–H groups in total. The highest BCUT2D eigenvalue weighted by molar-refractivity contribution is 5.86. The van der Waals surface area contributed by atoms with Gasteiger partial charge in [-0.3, -0.25) is 14.7 Å². The molecule has 2 atom stereocenters. The summed E-state index contributed by atoms with van der Waals surface area (Å²) in [5.41, 5.74) is -1.01. The molecule has 37 heavy (non-hydrogen) atoms. The van der Waals surface area contributed by atoms with Gasteiger partial charge in [-0.15, -0.1) is 0 Å². The van der Waals surface area contributed by atoms with Crippen molar-refractivity contribution < 1.29 is 45.8 Å². The predicted molar refractivity (Wildman–Crippen MR) is 121 cm³/mol. The zero-order valence-electron chi connectivity index (χ0n) is 20.2. The van der Waals surface area contributed by atoms with Gasteiger partial charge in [0.15, 0.2) is 6.61 Å². The van der Waals surface area contributed by atoms with E-state index in [1.807, 2.05) is 0 Å². The monoisotopic (exact) mass is 535 g/mol. The zero-order valence-corrected chi connectivity index (χ0v) is 20.2. The summed E-state index contributed by atoms with van der Waals surface area (Å²) in [5, 5.41) is 12.3. The topological polar surface area (TPSA) is 91.8 Å². The molecular formula is C24H27F6N3O4. The van der Waals surface area contributed by atoms with Gasteiger partial charge in [0, 0.05) is 13.0 Å². The van der Waals surface area contributed by atoms with Crippen molar-refractivity contribution in [2.24, 2.45) is 5.92 Å². The summed E-state index contributed by atoms with van der Waals surface area (Å²) in [7, 11) is 0. The lowest BCUT2D eigenvalue weighted by atomic mass is 9.97. The van der Waals surface area contributed by atoms with Gasteiger partial charge >= 0.3 is 18.4 Å². The molecule has 13 heteroatoms. The van der Waals surface area contributed by atoms with Gasteiger partial charge in [-0.1, -0.05) is 32.0 Å². The predicted octanol–water partition coefficient (Wildman–Crippen LogP) is 5.47. The highest BCUT2D eigenvalue weighted by atomic mass is 19.4. The summed E-state index contributed by atoms with van der Waals surface area (Å²) < 4.78 is 82.2. The number of carbonyl (C=O) groups is 2. The maximum absolute atomic E-state index is 13.5. The third kappa shape index (κ3) is 9.14. The molecule has 2 aromatic rings. The number of nitrogens with one attached hydrogen (secondary N) is 1. The minimum atomic E-state index is -4.71. The Bertz CT molecular complexity index is 1060. The van der Waals surface area contributed by atoms with Crippen LogP contribution in [-0.2, 0) is 17.4 Å².